The molecular weight excluding hydrogens is 308 g/mol. The molecule has 2 rings (SSSR count). The number of benzene rings is 1. The summed E-state index contributed by atoms with van der Waals surface area (Å²) < 4.78 is 2.31. The summed E-state index contributed by atoms with van der Waals surface area (Å²) in [5, 5.41) is 3.64. The minimum atomic E-state index is 0.259. The SMILES string of the molecule is CC(C)CN(S)c1ccccc1NCC(C)(C)SCC1CC1. The highest BCUT2D eigenvalue weighted by Gasteiger charge is 2.26. The van der Waals surface area contributed by atoms with Gasteiger partial charge in [-0.25, -0.2) is 0 Å². The Hall–Kier alpha value is -0.480. The van der Waals surface area contributed by atoms with E-state index in [0.29, 0.717) is 5.92 Å². The van der Waals surface area contributed by atoms with Gasteiger partial charge in [-0.2, -0.15) is 11.8 Å². The summed E-state index contributed by atoms with van der Waals surface area (Å²) >= 11 is 6.76. The molecule has 0 amide bonds. The lowest BCUT2D eigenvalue weighted by Gasteiger charge is -2.28. The zero-order chi connectivity index (χ0) is 16.2. The van der Waals surface area contributed by atoms with E-state index in [1.807, 2.05) is 0 Å². The molecule has 1 aliphatic carbocycles. The number of thiol groups is 1. The number of anilines is 2. The summed E-state index contributed by atoms with van der Waals surface area (Å²) in [6, 6.07) is 8.47. The summed E-state index contributed by atoms with van der Waals surface area (Å²) in [6.07, 6.45) is 2.87. The first kappa shape index (κ1) is 17.9. The van der Waals surface area contributed by atoms with Crippen LogP contribution in [0, 0.1) is 11.8 Å². The van der Waals surface area contributed by atoms with Crippen LogP contribution >= 0.6 is 24.6 Å². The third-order valence-corrected chi connectivity index (χ3v) is 5.77. The van der Waals surface area contributed by atoms with Crippen molar-refractivity contribution in [2.75, 3.05) is 28.5 Å². The van der Waals surface area contributed by atoms with Crippen LogP contribution in [0.25, 0.3) is 0 Å². The molecule has 1 aromatic carbocycles. The fraction of sp³-hybridized carbons (Fsp3) is 0.667. The first-order chi connectivity index (χ1) is 10.4. The van der Waals surface area contributed by atoms with Crippen LogP contribution in [-0.4, -0.2) is 23.6 Å². The Morgan fingerprint density at radius 3 is 2.64 bits per heavy atom. The summed E-state index contributed by atoms with van der Waals surface area (Å²) in [6.45, 7) is 11.0. The molecule has 0 spiro atoms. The molecule has 0 aliphatic heterocycles. The van der Waals surface area contributed by atoms with Gasteiger partial charge in [-0.05, 0) is 56.4 Å². The Bertz CT molecular complexity index is 470. The van der Waals surface area contributed by atoms with Gasteiger partial charge < -0.3 is 9.62 Å². The van der Waals surface area contributed by atoms with Crippen molar-refractivity contribution in [3.63, 3.8) is 0 Å². The van der Waals surface area contributed by atoms with Gasteiger partial charge in [0.1, 0.15) is 0 Å². The van der Waals surface area contributed by atoms with Crippen molar-refractivity contribution < 1.29 is 0 Å². The number of rotatable bonds is 9. The van der Waals surface area contributed by atoms with Gasteiger partial charge >= 0.3 is 0 Å². The highest BCUT2D eigenvalue weighted by Crippen LogP contribution is 2.37. The van der Waals surface area contributed by atoms with Crippen molar-refractivity contribution in [3.05, 3.63) is 24.3 Å². The smallest absolute Gasteiger partial charge is 0.0699 e. The normalized spacial score (nSPS) is 15.2. The highest BCUT2D eigenvalue weighted by molar-refractivity contribution is 8.00. The largest absolute Gasteiger partial charge is 0.382 e. The summed E-state index contributed by atoms with van der Waals surface area (Å²) in [5.74, 6) is 2.88. The Labute approximate surface area is 146 Å². The van der Waals surface area contributed by atoms with E-state index in [1.54, 1.807) is 0 Å². The maximum atomic E-state index is 4.66. The minimum absolute atomic E-state index is 0.259. The molecule has 0 bridgehead atoms. The average molecular weight is 339 g/mol. The Kier molecular flexibility index (Phi) is 6.39. The van der Waals surface area contributed by atoms with Crippen LogP contribution in [0.3, 0.4) is 0 Å². The van der Waals surface area contributed by atoms with Gasteiger partial charge in [-0.15, -0.1) is 0 Å². The number of thioether (sulfide) groups is 1. The monoisotopic (exact) mass is 338 g/mol. The van der Waals surface area contributed by atoms with E-state index in [4.69, 9.17) is 0 Å². The fourth-order valence-corrected chi connectivity index (χ4v) is 3.97. The van der Waals surface area contributed by atoms with E-state index >= 15 is 0 Å². The minimum Gasteiger partial charge on any atom is -0.382 e. The summed E-state index contributed by atoms with van der Waals surface area (Å²) in [7, 11) is 0. The van der Waals surface area contributed by atoms with E-state index in [-0.39, 0.29) is 4.75 Å². The second kappa shape index (κ2) is 7.87. The standard InChI is InChI=1S/C18H30N2S2/c1-14(2)11-20(21)17-8-6-5-7-16(17)19-13-18(3,4)22-12-15-9-10-15/h5-8,14-15,19,21H,9-13H2,1-4H3. The van der Waals surface area contributed by atoms with Gasteiger partial charge in [0.05, 0.1) is 11.4 Å². The third kappa shape index (κ3) is 5.96. The molecule has 0 unspecified atom stereocenters. The molecule has 0 atom stereocenters. The van der Waals surface area contributed by atoms with Crippen LogP contribution in [-0.2, 0) is 0 Å². The van der Waals surface area contributed by atoms with Gasteiger partial charge in [-0.3, -0.25) is 0 Å². The average Bonchev–Trinajstić information content (AvgIpc) is 3.27. The molecule has 2 nitrogen and oxygen atoms in total. The molecule has 0 radical (unpaired) electrons. The van der Waals surface area contributed by atoms with Crippen molar-refractivity contribution in [2.45, 2.75) is 45.3 Å². The van der Waals surface area contributed by atoms with Gasteiger partial charge in [-0.1, -0.05) is 38.8 Å². The van der Waals surface area contributed by atoms with Crippen LogP contribution in [0.1, 0.15) is 40.5 Å². The Morgan fingerprint density at radius 1 is 1.32 bits per heavy atom. The van der Waals surface area contributed by atoms with Crippen molar-refractivity contribution in [2.24, 2.45) is 11.8 Å². The predicted molar refractivity (Wildman–Crippen MR) is 105 cm³/mol. The van der Waals surface area contributed by atoms with Crippen LogP contribution < -0.4 is 9.62 Å². The Balaban J connectivity index is 1.93. The lowest BCUT2D eigenvalue weighted by Crippen LogP contribution is -2.28. The van der Waals surface area contributed by atoms with Crippen LogP contribution in [0.2, 0.25) is 0 Å². The van der Waals surface area contributed by atoms with E-state index in [2.05, 4.69) is 86.2 Å². The number of para-hydroxylation sites is 2. The van der Waals surface area contributed by atoms with Crippen molar-refractivity contribution in [3.8, 4) is 0 Å². The van der Waals surface area contributed by atoms with Gasteiger partial charge in [0.15, 0.2) is 0 Å². The van der Waals surface area contributed by atoms with E-state index < -0.39 is 0 Å². The zero-order valence-corrected chi connectivity index (χ0v) is 16.0. The summed E-state index contributed by atoms with van der Waals surface area (Å²) in [4.78, 5) is 0. The second-order valence-electron chi connectivity index (χ2n) is 7.36. The molecule has 124 valence electrons. The quantitative estimate of drug-likeness (QED) is 0.592. The van der Waals surface area contributed by atoms with Crippen molar-refractivity contribution in [1.82, 2.24) is 0 Å². The van der Waals surface area contributed by atoms with E-state index in [9.17, 15) is 0 Å². The van der Waals surface area contributed by atoms with Gasteiger partial charge in [0, 0.05) is 17.8 Å². The lowest BCUT2D eigenvalue weighted by atomic mass is 10.2. The van der Waals surface area contributed by atoms with Crippen molar-refractivity contribution in [1.29, 1.82) is 0 Å². The van der Waals surface area contributed by atoms with Gasteiger partial charge in [0.25, 0.3) is 0 Å². The lowest BCUT2D eigenvalue weighted by molar-refractivity contribution is 0.669. The summed E-state index contributed by atoms with van der Waals surface area (Å²) in [5.41, 5.74) is 2.35. The third-order valence-electron chi connectivity index (χ3n) is 3.83. The van der Waals surface area contributed by atoms with Crippen LogP contribution in [0.15, 0.2) is 24.3 Å². The fourth-order valence-electron chi connectivity index (χ4n) is 2.28. The number of nitrogens with zero attached hydrogens (tertiary/aromatic N) is 1. The predicted octanol–water partition coefficient (Wildman–Crippen LogP) is 5.33. The molecule has 1 aromatic rings. The molecule has 4 heteroatoms. The molecule has 22 heavy (non-hydrogen) atoms. The van der Waals surface area contributed by atoms with Crippen LogP contribution in [0.4, 0.5) is 11.4 Å². The number of hydrogen-bond donors (Lipinski definition) is 2. The topological polar surface area (TPSA) is 15.3 Å². The molecule has 1 N–H and O–H groups in total. The zero-order valence-electron chi connectivity index (χ0n) is 14.3. The number of nitrogens with one attached hydrogen (secondary N) is 1. The number of hydrogen-bond acceptors (Lipinski definition) is 4. The highest BCUT2D eigenvalue weighted by atomic mass is 32.2. The first-order valence-corrected chi connectivity index (χ1v) is 9.69. The molecule has 0 saturated heterocycles. The van der Waals surface area contributed by atoms with Crippen molar-refractivity contribution >= 4 is 36.0 Å². The van der Waals surface area contributed by atoms with E-state index in [0.717, 1.165) is 19.0 Å². The van der Waals surface area contributed by atoms with Gasteiger partial charge in [0.2, 0.25) is 0 Å². The maximum absolute atomic E-state index is 4.66. The Morgan fingerprint density at radius 2 is 2.00 bits per heavy atom. The first-order valence-electron chi connectivity index (χ1n) is 8.30. The maximum Gasteiger partial charge on any atom is 0.0699 e. The molecule has 1 aliphatic rings. The molecule has 0 heterocycles. The molecular formula is C18H30N2S2. The molecule has 1 saturated carbocycles. The van der Waals surface area contributed by atoms with Crippen LogP contribution in [0.5, 0.6) is 0 Å². The van der Waals surface area contributed by atoms with E-state index in [1.165, 1.54) is 30.0 Å². The second-order valence-corrected chi connectivity index (χ2v) is 9.57. The molecule has 1 fully saturated rings. The molecule has 0 aromatic heterocycles.